The average Bonchev–Trinajstić information content (AvgIpc) is 3.39. The minimum atomic E-state index is 1.15. The van der Waals surface area contributed by atoms with Crippen molar-refractivity contribution in [1.82, 2.24) is 0 Å². The zero-order valence-corrected chi connectivity index (χ0v) is 30.2. The first-order chi connectivity index (χ1) is 27.3. The molecule has 0 saturated carbocycles. The second kappa shape index (κ2) is 12.7. The smallest absolute Gasteiger partial charge is 0.0540 e. The summed E-state index contributed by atoms with van der Waals surface area (Å²) < 4.78 is 0. The molecule has 0 saturated heterocycles. The van der Waals surface area contributed by atoms with Crippen LogP contribution in [0.4, 0.5) is 17.1 Å². The van der Waals surface area contributed by atoms with Crippen molar-refractivity contribution in [1.29, 1.82) is 0 Å². The van der Waals surface area contributed by atoms with Crippen LogP contribution in [0.15, 0.2) is 212 Å². The van der Waals surface area contributed by atoms with Gasteiger partial charge in [-0.3, -0.25) is 0 Å². The number of hydrogen-bond donors (Lipinski definition) is 0. The molecule has 1 heterocycles. The molecule has 10 aromatic carbocycles. The monoisotopic (exact) mass is 697 g/mol. The molecule has 0 unspecified atom stereocenters. The van der Waals surface area contributed by atoms with Gasteiger partial charge < -0.3 is 4.90 Å². The molecule has 0 radical (unpaired) electrons. The summed E-state index contributed by atoms with van der Waals surface area (Å²) in [7, 11) is 0. The number of anilines is 3. The molecule has 1 heteroatoms. The van der Waals surface area contributed by atoms with Crippen LogP contribution in [-0.4, -0.2) is 0 Å². The minimum absolute atomic E-state index is 1.15. The summed E-state index contributed by atoms with van der Waals surface area (Å²) in [6.07, 6.45) is 0. The van der Waals surface area contributed by atoms with Crippen molar-refractivity contribution < 1.29 is 0 Å². The number of benzene rings is 10. The highest BCUT2D eigenvalue weighted by Gasteiger charge is 2.26. The fourth-order valence-corrected chi connectivity index (χ4v) is 8.78. The third-order valence-electron chi connectivity index (χ3n) is 11.4. The lowest BCUT2D eigenvalue weighted by Crippen LogP contribution is -2.10. The van der Waals surface area contributed by atoms with E-state index in [2.05, 4.69) is 217 Å². The summed E-state index contributed by atoms with van der Waals surface area (Å²) in [5.74, 6) is 0. The van der Waals surface area contributed by atoms with E-state index in [-0.39, 0.29) is 0 Å². The van der Waals surface area contributed by atoms with E-state index in [0.29, 0.717) is 0 Å². The van der Waals surface area contributed by atoms with Gasteiger partial charge >= 0.3 is 0 Å². The Kier molecular flexibility index (Phi) is 7.25. The normalized spacial score (nSPS) is 12.0. The lowest BCUT2D eigenvalue weighted by Gasteiger charge is -2.27. The van der Waals surface area contributed by atoms with Crippen LogP contribution in [-0.2, 0) is 0 Å². The molecular weight excluding hydrogens is 663 g/mol. The summed E-state index contributed by atoms with van der Waals surface area (Å²) in [4.78, 5) is 2.41. The molecule has 0 atom stereocenters. The molecule has 1 aliphatic heterocycles. The van der Waals surface area contributed by atoms with Crippen LogP contribution in [0.2, 0.25) is 0 Å². The van der Waals surface area contributed by atoms with Crippen LogP contribution in [0.3, 0.4) is 0 Å². The van der Waals surface area contributed by atoms with Gasteiger partial charge in [-0.05, 0) is 119 Å². The van der Waals surface area contributed by atoms with Crippen LogP contribution in [0.25, 0.3) is 88.0 Å². The number of rotatable bonds is 4. The van der Waals surface area contributed by atoms with Gasteiger partial charge in [0, 0.05) is 16.8 Å². The zero-order chi connectivity index (χ0) is 36.3. The fraction of sp³-hybridized carbons (Fsp3) is 0. The van der Waals surface area contributed by atoms with Crippen LogP contribution in [0.5, 0.6) is 0 Å². The number of fused-ring (bicyclic) bond motifs is 11. The van der Waals surface area contributed by atoms with E-state index in [9.17, 15) is 0 Å². The van der Waals surface area contributed by atoms with E-state index in [0.717, 1.165) is 5.69 Å². The number of para-hydroxylation sites is 2. The topological polar surface area (TPSA) is 3.24 Å². The van der Waals surface area contributed by atoms with E-state index in [4.69, 9.17) is 0 Å². The highest BCUT2D eigenvalue weighted by atomic mass is 15.1. The Morgan fingerprint density at radius 3 is 1.33 bits per heavy atom. The average molecular weight is 698 g/mol. The van der Waals surface area contributed by atoms with E-state index >= 15 is 0 Å². The lowest BCUT2D eigenvalue weighted by atomic mass is 9.91. The first-order valence-corrected chi connectivity index (χ1v) is 19.0. The van der Waals surface area contributed by atoms with Crippen molar-refractivity contribution in [3.05, 3.63) is 212 Å². The highest BCUT2D eigenvalue weighted by Crippen LogP contribution is 2.51. The van der Waals surface area contributed by atoms with E-state index in [1.165, 1.54) is 99.3 Å². The summed E-state index contributed by atoms with van der Waals surface area (Å²) in [5, 5.41) is 7.79. The van der Waals surface area contributed by atoms with Gasteiger partial charge in [0.1, 0.15) is 0 Å². The van der Waals surface area contributed by atoms with Gasteiger partial charge in [0.15, 0.2) is 0 Å². The number of nitrogens with zero attached hydrogens (tertiary/aromatic N) is 1. The van der Waals surface area contributed by atoms with Gasteiger partial charge in [-0.2, -0.15) is 0 Å². The third-order valence-corrected chi connectivity index (χ3v) is 11.4. The van der Waals surface area contributed by atoms with E-state index in [1.807, 2.05) is 0 Å². The second-order valence-electron chi connectivity index (χ2n) is 14.5. The molecular formula is C54H35N. The van der Waals surface area contributed by atoms with Gasteiger partial charge in [0.05, 0.1) is 11.4 Å². The molecule has 0 spiro atoms. The van der Waals surface area contributed by atoms with Crippen LogP contribution in [0, 0.1) is 0 Å². The van der Waals surface area contributed by atoms with Crippen molar-refractivity contribution in [2.45, 2.75) is 0 Å². The second-order valence-corrected chi connectivity index (χ2v) is 14.5. The lowest BCUT2D eigenvalue weighted by molar-refractivity contribution is 1.29. The van der Waals surface area contributed by atoms with Crippen LogP contribution < -0.4 is 4.90 Å². The minimum Gasteiger partial charge on any atom is -0.309 e. The summed E-state index contributed by atoms with van der Waals surface area (Å²) in [6.45, 7) is 0. The maximum atomic E-state index is 2.41. The molecule has 0 N–H and O–H groups in total. The largest absolute Gasteiger partial charge is 0.309 e. The third kappa shape index (κ3) is 5.16. The van der Waals surface area contributed by atoms with Gasteiger partial charge in [-0.1, -0.05) is 170 Å². The van der Waals surface area contributed by atoms with Gasteiger partial charge in [-0.15, -0.1) is 0 Å². The van der Waals surface area contributed by atoms with Crippen molar-refractivity contribution in [2.24, 2.45) is 0 Å². The summed E-state index contributed by atoms with van der Waals surface area (Å²) >= 11 is 0. The Hall–Kier alpha value is -7.22. The molecule has 0 amide bonds. The summed E-state index contributed by atoms with van der Waals surface area (Å²) in [5.41, 5.74) is 15.7. The van der Waals surface area contributed by atoms with E-state index in [1.54, 1.807) is 0 Å². The molecule has 0 fully saturated rings. The zero-order valence-electron chi connectivity index (χ0n) is 30.2. The predicted molar refractivity (Wildman–Crippen MR) is 234 cm³/mol. The molecule has 1 aliphatic rings. The Morgan fingerprint density at radius 2 is 0.655 bits per heavy atom. The molecule has 1 nitrogen and oxygen atoms in total. The molecule has 55 heavy (non-hydrogen) atoms. The standard InChI is InChI=1S/C54H35N/c1-2-15-42(16-3-1)55-53-24-11-10-23-50(53)46-20-7-9-22-48(46)52-35-40(30-32-54(52)55)37-27-25-36(26-28-37)38-13-12-14-39(33-38)41-29-31-49-45-19-5-4-17-43(45)44-18-6-8-21-47(44)51(49)34-41/h1-35H. The number of hydrogen-bond acceptors (Lipinski definition) is 1. The maximum Gasteiger partial charge on any atom is 0.0540 e. The SMILES string of the molecule is c1ccc(N2c3ccccc3-c3ccccc3-c3cc(-c4ccc(-c5cccc(-c6ccc7c8ccccc8c8ccccc8c7c6)c5)cc4)ccc32)cc1. The Morgan fingerprint density at radius 1 is 0.218 bits per heavy atom. The fourth-order valence-electron chi connectivity index (χ4n) is 8.78. The molecule has 0 aliphatic carbocycles. The van der Waals surface area contributed by atoms with Crippen molar-refractivity contribution in [3.8, 4) is 55.6 Å². The van der Waals surface area contributed by atoms with Crippen molar-refractivity contribution in [2.75, 3.05) is 4.90 Å². The van der Waals surface area contributed by atoms with Gasteiger partial charge in [0.2, 0.25) is 0 Å². The van der Waals surface area contributed by atoms with Gasteiger partial charge in [0.25, 0.3) is 0 Å². The molecule has 256 valence electrons. The molecule has 0 aromatic heterocycles. The molecule has 0 bridgehead atoms. The van der Waals surface area contributed by atoms with Crippen molar-refractivity contribution in [3.63, 3.8) is 0 Å². The Labute approximate surface area is 321 Å². The van der Waals surface area contributed by atoms with E-state index < -0.39 is 0 Å². The van der Waals surface area contributed by atoms with Gasteiger partial charge in [-0.25, -0.2) is 0 Å². The van der Waals surface area contributed by atoms with Crippen LogP contribution in [0.1, 0.15) is 0 Å². The molecule has 11 rings (SSSR count). The summed E-state index contributed by atoms with van der Waals surface area (Å²) in [6, 6.07) is 77.8. The Bertz CT molecular complexity index is 3050. The first kappa shape index (κ1) is 31.3. The maximum absolute atomic E-state index is 2.41. The quantitative estimate of drug-likeness (QED) is 0.166. The Balaban J connectivity index is 0.973. The van der Waals surface area contributed by atoms with Crippen LogP contribution >= 0.6 is 0 Å². The highest BCUT2D eigenvalue weighted by molar-refractivity contribution is 6.25. The first-order valence-electron chi connectivity index (χ1n) is 19.0. The predicted octanol–water partition coefficient (Wildman–Crippen LogP) is 15.3. The molecule has 10 aromatic rings. The van der Waals surface area contributed by atoms with Crippen molar-refractivity contribution >= 4 is 49.4 Å².